The smallest absolute Gasteiger partial charge is 0.123 e. The molecule has 2 nitrogen and oxygen atoms in total. The van der Waals surface area contributed by atoms with E-state index in [1.807, 2.05) is 6.07 Å². The fourth-order valence-electron chi connectivity index (χ4n) is 2.29. The lowest BCUT2D eigenvalue weighted by atomic mass is 9.87. The van der Waals surface area contributed by atoms with Gasteiger partial charge in [-0.3, -0.25) is 0 Å². The molecule has 1 rings (SSSR count). The molecule has 2 atom stereocenters. The average molecular weight is 267 g/mol. The Kier molecular flexibility index (Phi) is 7.03. The number of halogens is 1. The van der Waals surface area contributed by atoms with Crippen LogP contribution in [0.1, 0.15) is 32.3 Å². The molecule has 19 heavy (non-hydrogen) atoms. The number of hydrogen-bond donors (Lipinski definition) is 1. The van der Waals surface area contributed by atoms with E-state index in [1.54, 1.807) is 19.2 Å². The number of nitrogens with one attached hydrogen (secondary N) is 1. The van der Waals surface area contributed by atoms with E-state index in [-0.39, 0.29) is 11.7 Å². The molecule has 108 valence electrons. The molecular weight excluding hydrogens is 241 g/mol. The Balaban J connectivity index is 2.73. The van der Waals surface area contributed by atoms with Gasteiger partial charge in [-0.05, 0) is 36.1 Å². The predicted molar refractivity (Wildman–Crippen MR) is 77.9 cm³/mol. The van der Waals surface area contributed by atoms with Gasteiger partial charge in [0.25, 0.3) is 0 Å². The van der Waals surface area contributed by atoms with Crippen molar-refractivity contribution in [3.8, 4) is 0 Å². The molecule has 0 aromatic heterocycles. The molecule has 0 aliphatic carbocycles. The first-order valence-electron chi connectivity index (χ1n) is 6.99. The van der Waals surface area contributed by atoms with Crippen LogP contribution in [0.3, 0.4) is 0 Å². The monoisotopic (exact) mass is 267 g/mol. The van der Waals surface area contributed by atoms with Crippen molar-refractivity contribution in [3.05, 3.63) is 35.6 Å². The molecule has 0 spiro atoms. The molecule has 0 radical (unpaired) electrons. The van der Waals surface area contributed by atoms with Gasteiger partial charge in [0.15, 0.2) is 0 Å². The van der Waals surface area contributed by atoms with Crippen LogP contribution >= 0.6 is 0 Å². The van der Waals surface area contributed by atoms with Crippen LogP contribution in [-0.4, -0.2) is 26.8 Å². The highest BCUT2D eigenvalue weighted by atomic mass is 19.1. The molecule has 1 aromatic carbocycles. The molecule has 1 N–H and O–H groups in total. The number of rotatable bonds is 8. The van der Waals surface area contributed by atoms with Crippen LogP contribution in [0, 0.1) is 17.7 Å². The minimum absolute atomic E-state index is 0.170. The third-order valence-electron chi connectivity index (χ3n) is 3.31. The van der Waals surface area contributed by atoms with Gasteiger partial charge < -0.3 is 10.1 Å². The van der Waals surface area contributed by atoms with Crippen molar-refractivity contribution in [1.82, 2.24) is 5.32 Å². The lowest BCUT2D eigenvalue weighted by Crippen LogP contribution is -2.30. The second-order valence-electron chi connectivity index (χ2n) is 5.65. The van der Waals surface area contributed by atoms with Crippen molar-refractivity contribution in [3.63, 3.8) is 0 Å². The van der Waals surface area contributed by atoms with E-state index in [2.05, 4.69) is 26.1 Å². The van der Waals surface area contributed by atoms with Gasteiger partial charge in [0.05, 0.1) is 0 Å². The minimum Gasteiger partial charge on any atom is -0.384 e. The highest BCUT2D eigenvalue weighted by Crippen LogP contribution is 2.25. The Morgan fingerprint density at radius 2 is 1.95 bits per heavy atom. The highest BCUT2D eigenvalue weighted by molar-refractivity contribution is 5.21. The first-order valence-corrected chi connectivity index (χ1v) is 6.99. The average Bonchev–Trinajstić information content (AvgIpc) is 2.34. The summed E-state index contributed by atoms with van der Waals surface area (Å²) in [4.78, 5) is 0. The molecule has 0 saturated heterocycles. The van der Waals surface area contributed by atoms with Crippen LogP contribution in [0.4, 0.5) is 4.39 Å². The van der Waals surface area contributed by atoms with Gasteiger partial charge in [0.1, 0.15) is 5.82 Å². The van der Waals surface area contributed by atoms with Gasteiger partial charge >= 0.3 is 0 Å². The first-order chi connectivity index (χ1) is 9.04. The maximum absolute atomic E-state index is 13.4. The highest BCUT2D eigenvalue weighted by Gasteiger charge is 2.19. The van der Waals surface area contributed by atoms with E-state index in [1.165, 1.54) is 6.07 Å². The van der Waals surface area contributed by atoms with Crippen molar-refractivity contribution in [1.29, 1.82) is 0 Å². The zero-order valence-corrected chi connectivity index (χ0v) is 12.4. The Morgan fingerprint density at radius 1 is 1.21 bits per heavy atom. The predicted octanol–water partition coefficient (Wildman–Crippen LogP) is 3.44. The van der Waals surface area contributed by atoms with Gasteiger partial charge in [0, 0.05) is 26.2 Å². The molecule has 2 unspecified atom stereocenters. The summed E-state index contributed by atoms with van der Waals surface area (Å²) in [7, 11) is 1.71. The van der Waals surface area contributed by atoms with E-state index in [4.69, 9.17) is 4.74 Å². The number of hydrogen-bond acceptors (Lipinski definition) is 2. The number of ether oxygens (including phenoxy) is 1. The van der Waals surface area contributed by atoms with Gasteiger partial charge in [0.2, 0.25) is 0 Å². The van der Waals surface area contributed by atoms with Gasteiger partial charge in [-0.1, -0.05) is 32.9 Å². The molecular formula is C16H26FNO. The van der Waals surface area contributed by atoms with Crippen LogP contribution in [0.2, 0.25) is 0 Å². The summed E-state index contributed by atoms with van der Waals surface area (Å²) in [5, 5.41) is 3.46. The van der Waals surface area contributed by atoms with Gasteiger partial charge in [-0.15, -0.1) is 0 Å². The van der Waals surface area contributed by atoms with Crippen LogP contribution in [0.25, 0.3) is 0 Å². The summed E-state index contributed by atoms with van der Waals surface area (Å²) in [5.41, 5.74) is 1.04. The molecule has 0 fully saturated rings. The van der Waals surface area contributed by atoms with Crippen molar-refractivity contribution < 1.29 is 9.13 Å². The third kappa shape index (κ3) is 5.70. The minimum atomic E-state index is -0.170. The lowest BCUT2D eigenvalue weighted by molar-refractivity contribution is 0.145. The number of methoxy groups -OCH3 is 1. The molecule has 3 heteroatoms. The van der Waals surface area contributed by atoms with E-state index in [9.17, 15) is 4.39 Å². The SMILES string of the molecule is COCC(C)C(CNCC(C)C)c1cccc(F)c1. The maximum Gasteiger partial charge on any atom is 0.123 e. The van der Waals surface area contributed by atoms with Crippen molar-refractivity contribution in [2.24, 2.45) is 11.8 Å². The van der Waals surface area contributed by atoms with E-state index >= 15 is 0 Å². The Bertz CT molecular complexity index is 368. The van der Waals surface area contributed by atoms with Crippen LogP contribution < -0.4 is 5.32 Å². The summed E-state index contributed by atoms with van der Waals surface area (Å²) >= 11 is 0. The quantitative estimate of drug-likeness (QED) is 0.779. The zero-order valence-electron chi connectivity index (χ0n) is 12.4. The van der Waals surface area contributed by atoms with Crippen molar-refractivity contribution >= 4 is 0 Å². The largest absolute Gasteiger partial charge is 0.384 e. The summed E-state index contributed by atoms with van der Waals surface area (Å²) in [6.45, 7) is 9.03. The molecule has 0 saturated carbocycles. The van der Waals surface area contributed by atoms with Crippen LogP contribution in [0.5, 0.6) is 0 Å². The van der Waals surface area contributed by atoms with E-state index < -0.39 is 0 Å². The summed E-state index contributed by atoms with van der Waals surface area (Å²) in [6.07, 6.45) is 0. The number of benzene rings is 1. The standard InChI is InChI=1S/C16H26FNO/c1-12(2)9-18-10-16(13(3)11-19-4)14-6-5-7-15(17)8-14/h5-8,12-13,16,18H,9-11H2,1-4H3. The second-order valence-corrected chi connectivity index (χ2v) is 5.65. The summed E-state index contributed by atoms with van der Waals surface area (Å²) in [5.74, 6) is 1.07. The molecule has 0 amide bonds. The second kappa shape index (κ2) is 8.28. The van der Waals surface area contributed by atoms with Gasteiger partial charge in [-0.25, -0.2) is 4.39 Å². The van der Waals surface area contributed by atoms with Crippen molar-refractivity contribution in [2.45, 2.75) is 26.7 Å². The Labute approximate surface area is 116 Å². The Morgan fingerprint density at radius 3 is 2.53 bits per heavy atom. The molecule has 0 aliphatic rings. The van der Waals surface area contributed by atoms with E-state index in [0.717, 1.165) is 18.7 Å². The van der Waals surface area contributed by atoms with Gasteiger partial charge in [-0.2, -0.15) is 0 Å². The van der Waals surface area contributed by atoms with Crippen molar-refractivity contribution in [2.75, 3.05) is 26.8 Å². The lowest BCUT2D eigenvalue weighted by Gasteiger charge is -2.25. The first kappa shape index (κ1) is 16.1. The molecule has 0 bridgehead atoms. The molecule has 0 heterocycles. The van der Waals surface area contributed by atoms with Crippen LogP contribution in [0.15, 0.2) is 24.3 Å². The fourth-order valence-corrected chi connectivity index (χ4v) is 2.29. The summed E-state index contributed by atoms with van der Waals surface area (Å²) in [6, 6.07) is 6.90. The molecule has 1 aromatic rings. The third-order valence-corrected chi connectivity index (χ3v) is 3.31. The molecule has 0 aliphatic heterocycles. The zero-order chi connectivity index (χ0) is 14.3. The summed E-state index contributed by atoms with van der Waals surface area (Å²) < 4.78 is 18.6. The van der Waals surface area contributed by atoms with Crippen LogP contribution in [-0.2, 0) is 4.74 Å². The topological polar surface area (TPSA) is 21.3 Å². The Hall–Kier alpha value is -0.930. The maximum atomic E-state index is 13.4. The fraction of sp³-hybridized carbons (Fsp3) is 0.625. The normalized spacial score (nSPS) is 14.6. The van der Waals surface area contributed by atoms with E-state index in [0.29, 0.717) is 18.4 Å².